The zero-order valence-corrected chi connectivity index (χ0v) is 17.2. The topological polar surface area (TPSA) is 66.9 Å². The summed E-state index contributed by atoms with van der Waals surface area (Å²) in [6.07, 6.45) is -0.000636. The molecule has 3 rings (SSSR count). The molecule has 29 heavy (non-hydrogen) atoms. The van der Waals surface area contributed by atoms with Gasteiger partial charge in [-0.2, -0.15) is 0 Å². The average Bonchev–Trinajstić information content (AvgIpc) is 2.91. The summed E-state index contributed by atoms with van der Waals surface area (Å²) in [4.78, 5) is 40.9. The summed E-state index contributed by atoms with van der Waals surface area (Å²) >= 11 is 0. The number of fused-ring (bicyclic) bond motifs is 1. The third kappa shape index (κ3) is 4.65. The van der Waals surface area contributed by atoms with Crippen LogP contribution in [0.25, 0.3) is 0 Å². The molecule has 152 valence electrons. The first-order valence-electron chi connectivity index (χ1n) is 9.62. The Morgan fingerprint density at radius 2 is 1.48 bits per heavy atom. The van der Waals surface area contributed by atoms with Gasteiger partial charge in [-0.15, -0.1) is 0 Å². The third-order valence-electron chi connectivity index (χ3n) is 4.81. The summed E-state index contributed by atoms with van der Waals surface area (Å²) in [6.45, 7) is 5.50. The molecule has 0 aromatic heterocycles. The summed E-state index contributed by atoms with van der Waals surface area (Å²) in [6, 6.07) is 16.0. The maximum absolute atomic E-state index is 12.8. The van der Waals surface area contributed by atoms with E-state index in [9.17, 15) is 14.4 Å². The van der Waals surface area contributed by atoms with Crippen molar-refractivity contribution in [3.8, 4) is 0 Å². The second kappa shape index (κ2) is 8.07. The van der Waals surface area contributed by atoms with Crippen molar-refractivity contribution in [2.24, 2.45) is 0 Å². The molecule has 0 unspecified atom stereocenters. The van der Waals surface area contributed by atoms with Gasteiger partial charge in [0.05, 0.1) is 23.7 Å². The molecule has 0 fully saturated rings. The van der Waals surface area contributed by atoms with Crippen molar-refractivity contribution in [2.45, 2.75) is 38.8 Å². The molecule has 1 aliphatic heterocycles. The molecule has 6 nitrogen and oxygen atoms in total. The second-order valence-electron chi connectivity index (χ2n) is 8.20. The largest absolute Gasteiger partial charge is 0.444 e. The van der Waals surface area contributed by atoms with E-state index in [2.05, 4.69) is 0 Å². The fourth-order valence-electron chi connectivity index (χ4n) is 3.31. The molecule has 0 saturated heterocycles. The molecule has 0 bridgehead atoms. The Kier molecular flexibility index (Phi) is 5.73. The molecule has 0 N–H and O–H groups in total. The van der Waals surface area contributed by atoms with Crippen LogP contribution in [0, 0.1) is 0 Å². The Balaban J connectivity index is 1.85. The lowest BCUT2D eigenvalue weighted by Gasteiger charge is -2.32. The van der Waals surface area contributed by atoms with Crippen LogP contribution in [0.5, 0.6) is 0 Å². The van der Waals surface area contributed by atoms with Gasteiger partial charge in [0.15, 0.2) is 0 Å². The number of ether oxygens (including phenoxy) is 1. The van der Waals surface area contributed by atoms with E-state index < -0.39 is 17.7 Å². The lowest BCUT2D eigenvalue weighted by atomic mass is 10.0. The van der Waals surface area contributed by atoms with Gasteiger partial charge >= 0.3 is 6.09 Å². The van der Waals surface area contributed by atoms with Crippen LogP contribution in [0.15, 0.2) is 54.6 Å². The Morgan fingerprint density at radius 1 is 0.966 bits per heavy atom. The van der Waals surface area contributed by atoms with E-state index >= 15 is 0 Å². The van der Waals surface area contributed by atoms with Gasteiger partial charge in [0, 0.05) is 7.05 Å². The molecule has 0 radical (unpaired) electrons. The first-order chi connectivity index (χ1) is 13.7. The van der Waals surface area contributed by atoms with Crippen LogP contribution in [-0.2, 0) is 11.2 Å². The first kappa shape index (κ1) is 20.6. The fourth-order valence-corrected chi connectivity index (χ4v) is 3.31. The number of hydrogen-bond acceptors (Lipinski definition) is 4. The Hall–Kier alpha value is -3.15. The third-order valence-corrected chi connectivity index (χ3v) is 4.81. The number of benzene rings is 2. The molecule has 0 saturated carbocycles. The second-order valence-corrected chi connectivity index (χ2v) is 8.20. The lowest BCUT2D eigenvalue weighted by Crippen LogP contribution is -2.49. The summed E-state index contributed by atoms with van der Waals surface area (Å²) < 4.78 is 5.50. The quantitative estimate of drug-likeness (QED) is 0.724. The van der Waals surface area contributed by atoms with Crippen molar-refractivity contribution < 1.29 is 19.1 Å². The normalized spacial score (nSPS) is 14.6. The highest BCUT2D eigenvalue weighted by atomic mass is 16.6. The lowest BCUT2D eigenvalue weighted by molar-refractivity contribution is 0.0182. The van der Waals surface area contributed by atoms with Gasteiger partial charge in [0.25, 0.3) is 11.8 Å². The predicted molar refractivity (Wildman–Crippen MR) is 110 cm³/mol. The Labute approximate surface area is 171 Å². The standard InChI is InChI=1S/C23H26N2O4/c1-23(2,3)29-22(28)24(4)17(14-16-10-6-5-7-11-16)15-25-20(26)18-12-8-9-13-19(18)21(25)27/h5-13,17H,14-15H2,1-4H3/t17-/m1/s1. The Morgan fingerprint density at radius 3 is 2.00 bits per heavy atom. The number of rotatable bonds is 5. The monoisotopic (exact) mass is 394 g/mol. The van der Waals surface area contributed by atoms with E-state index in [0.29, 0.717) is 17.5 Å². The highest BCUT2D eigenvalue weighted by molar-refractivity contribution is 6.21. The van der Waals surface area contributed by atoms with E-state index in [1.807, 2.05) is 30.3 Å². The minimum Gasteiger partial charge on any atom is -0.444 e. The van der Waals surface area contributed by atoms with Gasteiger partial charge in [0.1, 0.15) is 5.60 Å². The molecule has 0 spiro atoms. The number of amides is 3. The Bertz CT molecular complexity index is 883. The van der Waals surface area contributed by atoms with Gasteiger partial charge in [-0.05, 0) is 44.9 Å². The minimum atomic E-state index is -0.641. The van der Waals surface area contributed by atoms with Crippen LogP contribution < -0.4 is 0 Å². The molecule has 1 atom stereocenters. The highest BCUT2D eigenvalue weighted by Gasteiger charge is 2.38. The van der Waals surface area contributed by atoms with E-state index in [0.717, 1.165) is 5.56 Å². The van der Waals surface area contributed by atoms with Crippen LogP contribution in [0.3, 0.4) is 0 Å². The summed E-state index contributed by atoms with van der Waals surface area (Å²) in [5.41, 5.74) is 1.16. The number of carbonyl (C=O) groups is 3. The number of likely N-dealkylation sites (N-methyl/N-ethyl adjacent to an activating group) is 1. The van der Waals surface area contributed by atoms with Crippen molar-refractivity contribution in [3.05, 3.63) is 71.3 Å². The van der Waals surface area contributed by atoms with Crippen molar-refractivity contribution >= 4 is 17.9 Å². The van der Waals surface area contributed by atoms with Gasteiger partial charge < -0.3 is 9.64 Å². The highest BCUT2D eigenvalue weighted by Crippen LogP contribution is 2.24. The van der Waals surface area contributed by atoms with Gasteiger partial charge in [-0.25, -0.2) is 4.79 Å². The molecular formula is C23H26N2O4. The number of carbonyl (C=O) groups excluding carboxylic acids is 3. The van der Waals surface area contributed by atoms with Crippen LogP contribution >= 0.6 is 0 Å². The molecule has 1 aliphatic rings. The van der Waals surface area contributed by atoms with E-state index in [1.165, 1.54) is 9.80 Å². The first-order valence-corrected chi connectivity index (χ1v) is 9.62. The molecular weight excluding hydrogens is 368 g/mol. The van der Waals surface area contributed by atoms with Crippen molar-refractivity contribution in [1.29, 1.82) is 0 Å². The molecule has 0 aliphatic carbocycles. The number of hydrogen-bond donors (Lipinski definition) is 0. The minimum absolute atomic E-state index is 0.0942. The van der Waals surface area contributed by atoms with Crippen LogP contribution in [0.4, 0.5) is 4.79 Å². The van der Waals surface area contributed by atoms with Gasteiger partial charge in [-0.3, -0.25) is 14.5 Å². The maximum Gasteiger partial charge on any atom is 0.410 e. The van der Waals surface area contributed by atoms with Crippen LogP contribution in [0.2, 0.25) is 0 Å². The number of imide groups is 1. The van der Waals surface area contributed by atoms with Crippen molar-refractivity contribution in [1.82, 2.24) is 9.80 Å². The average molecular weight is 394 g/mol. The SMILES string of the molecule is CN(C(=O)OC(C)(C)C)[C@H](Cc1ccccc1)CN1C(=O)c2ccccc2C1=O. The summed E-state index contributed by atoms with van der Waals surface area (Å²) in [7, 11) is 1.64. The van der Waals surface area contributed by atoms with E-state index in [1.54, 1.807) is 52.1 Å². The van der Waals surface area contributed by atoms with Crippen LogP contribution in [0.1, 0.15) is 47.1 Å². The van der Waals surface area contributed by atoms with Gasteiger partial charge in [-0.1, -0.05) is 42.5 Å². The zero-order valence-electron chi connectivity index (χ0n) is 17.2. The van der Waals surface area contributed by atoms with Gasteiger partial charge in [0.2, 0.25) is 0 Å². The summed E-state index contributed by atoms with van der Waals surface area (Å²) in [5, 5.41) is 0. The fraction of sp³-hybridized carbons (Fsp3) is 0.348. The molecule has 1 heterocycles. The molecule has 2 aromatic rings. The van der Waals surface area contributed by atoms with Crippen molar-refractivity contribution in [2.75, 3.05) is 13.6 Å². The molecule has 3 amide bonds. The molecule has 2 aromatic carbocycles. The zero-order chi connectivity index (χ0) is 21.2. The van der Waals surface area contributed by atoms with Crippen LogP contribution in [-0.4, -0.2) is 52.9 Å². The van der Waals surface area contributed by atoms with Crippen molar-refractivity contribution in [3.63, 3.8) is 0 Å². The smallest absolute Gasteiger partial charge is 0.410 e. The maximum atomic E-state index is 12.8. The predicted octanol–water partition coefficient (Wildman–Crippen LogP) is 3.76. The summed E-state index contributed by atoms with van der Waals surface area (Å²) in [5.74, 6) is -0.664. The molecule has 6 heteroatoms. The van der Waals surface area contributed by atoms with E-state index in [-0.39, 0.29) is 18.4 Å². The number of nitrogens with zero attached hydrogens (tertiary/aromatic N) is 2. The van der Waals surface area contributed by atoms with E-state index in [4.69, 9.17) is 4.74 Å².